The molecule has 0 aromatic carbocycles. The standard InChI is InChI=1S/C13H21N3O2S/c1-16(2)13-15-12(17-3)11(19-13)7-14-9-6-8-4-5-10(9)18-8/h8-10,14H,4-7H2,1-3H3. The van der Waals surface area contributed by atoms with E-state index < -0.39 is 0 Å². The van der Waals surface area contributed by atoms with Gasteiger partial charge in [-0.2, -0.15) is 4.98 Å². The number of ether oxygens (including phenoxy) is 2. The highest BCUT2D eigenvalue weighted by molar-refractivity contribution is 7.15. The van der Waals surface area contributed by atoms with Gasteiger partial charge in [0.1, 0.15) is 0 Å². The molecular formula is C13H21N3O2S. The van der Waals surface area contributed by atoms with Crippen LogP contribution in [0.1, 0.15) is 24.1 Å². The van der Waals surface area contributed by atoms with Crippen LogP contribution in [0.4, 0.5) is 5.13 Å². The zero-order valence-corrected chi connectivity index (χ0v) is 12.5. The van der Waals surface area contributed by atoms with Gasteiger partial charge in [-0.05, 0) is 19.3 Å². The second kappa shape index (κ2) is 5.26. The number of nitrogens with zero attached hydrogens (tertiary/aromatic N) is 2. The minimum Gasteiger partial charge on any atom is -0.480 e. The van der Waals surface area contributed by atoms with E-state index >= 15 is 0 Å². The fraction of sp³-hybridized carbons (Fsp3) is 0.769. The molecule has 0 amide bonds. The van der Waals surface area contributed by atoms with Crippen LogP contribution >= 0.6 is 11.3 Å². The summed E-state index contributed by atoms with van der Waals surface area (Å²) in [5.41, 5.74) is 0. The summed E-state index contributed by atoms with van der Waals surface area (Å²) in [6.45, 7) is 0.811. The Kier molecular flexibility index (Phi) is 3.64. The average molecular weight is 283 g/mol. The van der Waals surface area contributed by atoms with Gasteiger partial charge in [0.05, 0.1) is 24.2 Å². The van der Waals surface area contributed by atoms with Crippen molar-refractivity contribution in [1.82, 2.24) is 10.3 Å². The molecule has 0 saturated carbocycles. The van der Waals surface area contributed by atoms with Crippen molar-refractivity contribution < 1.29 is 9.47 Å². The summed E-state index contributed by atoms with van der Waals surface area (Å²) in [7, 11) is 5.68. The van der Waals surface area contributed by atoms with Gasteiger partial charge in [0, 0.05) is 26.7 Å². The fourth-order valence-electron chi connectivity index (χ4n) is 2.86. The molecule has 0 spiro atoms. The van der Waals surface area contributed by atoms with Crippen molar-refractivity contribution in [3.05, 3.63) is 4.88 Å². The first-order valence-corrected chi connectivity index (χ1v) is 7.59. The van der Waals surface area contributed by atoms with Crippen LogP contribution in [0.15, 0.2) is 0 Å². The first-order chi connectivity index (χ1) is 9.17. The van der Waals surface area contributed by atoms with E-state index in [1.54, 1.807) is 18.4 Å². The summed E-state index contributed by atoms with van der Waals surface area (Å²) in [5.74, 6) is 0.741. The number of rotatable bonds is 5. The first kappa shape index (κ1) is 13.1. The van der Waals surface area contributed by atoms with Crippen LogP contribution in [-0.4, -0.2) is 44.4 Å². The lowest BCUT2D eigenvalue weighted by Gasteiger charge is -2.19. The van der Waals surface area contributed by atoms with E-state index in [-0.39, 0.29) is 0 Å². The number of nitrogens with one attached hydrogen (secondary N) is 1. The predicted molar refractivity (Wildman–Crippen MR) is 76.1 cm³/mol. The third kappa shape index (κ3) is 2.57. The Hall–Kier alpha value is -0.850. The van der Waals surface area contributed by atoms with Crippen molar-refractivity contribution in [3.8, 4) is 5.88 Å². The summed E-state index contributed by atoms with van der Waals surface area (Å²) in [4.78, 5) is 7.64. The normalized spacial score (nSPS) is 28.9. The number of hydrogen-bond acceptors (Lipinski definition) is 6. The minimum atomic E-state index is 0.414. The molecule has 1 aromatic heterocycles. The quantitative estimate of drug-likeness (QED) is 0.890. The van der Waals surface area contributed by atoms with E-state index in [1.165, 1.54) is 12.8 Å². The molecule has 0 aliphatic carbocycles. The monoisotopic (exact) mass is 283 g/mol. The molecule has 3 atom stereocenters. The van der Waals surface area contributed by atoms with Gasteiger partial charge in [-0.3, -0.25) is 0 Å². The molecule has 2 fully saturated rings. The molecule has 2 aliphatic rings. The number of thiazole rings is 1. The largest absolute Gasteiger partial charge is 0.480 e. The number of anilines is 1. The molecule has 0 radical (unpaired) electrons. The lowest BCUT2D eigenvalue weighted by Crippen LogP contribution is -2.36. The molecule has 3 heterocycles. The Morgan fingerprint density at radius 3 is 2.89 bits per heavy atom. The zero-order valence-electron chi connectivity index (χ0n) is 11.7. The van der Waals surface area contributed by atoms with Crippen molar-refractivity contribution in [2.45, 2.75) is 44.1 Å². The fourth-order valence-corrected chi connectivity index (χ4v) is 3.77. The van der Waals surface area contributed by atoms with Gasteiger partial charge in [-0.25, -0.2) is 0 Å². The molecule has 5 nitrogen and oxygen atoms in total. The Morgan fingerprint density at radius 1 is 1.47 bits per heavy atom. The maximum Gasteiger partial charge on any atom is 0.230 e. The SMILES string of the molecule is COc1nc(N(C)C)sc1CNC1CC2CCC1O2. The van der Waals surface area contributed by atoms with E-state index in [0.29, 0.717) is 18.2 Å². The number of hydrogen-bond donors (Lipinski definition) is 1. The van der Waals surface area contributed by atoms with Crippen molar-refractivity contribution >= 4 is 16.5 Å². The van der Waals surface area contributed by atoms with Crippen molar-refractivity contribution in [2.24, 2.45) is 0 Å². The van der Waals surface area contributed by atoms with Gasteiger partial charge >= 0.3 is 0 Å². The van der Waals surface area contributed by atoms with Gasteiger partial charge in [-0.1, -0.05) is 11.3 Å². The van der Waals surface area contributed by atoms with Gasteiger partial charge in [-0.15, -0.1) is 0 Å². The summed E-state index contributed by atoms with van der Waals surface area (Å²) in [6, 6.07) is 0.494. The molecule has 2 bridgehead atoms. The number of aromatic nitrogens is 1. The van der Waals surface area contributed by atoms with E-state index in [4.69, 9.17) is 9.47 Å². The van der Waals surface area contributed by atoms with E-state index in [0.717, 1.165) is 28.9 Å². The maximum atomic E-state index is 5.86. The van der Waals surface area contributed by atoms with Gasteiger partial charge < -0.3 is 19.7 Å². The van der Waals surface area contributed by atoms with Crippen LogP contribution < -0.4 is 15.0 Å². The predicted octanol–water partition coefficient (Wildman–Crippen LogP) is 1.63. The highest BCUT2D eigenvalue weighted by atomic mass is 32.1. The molecule has 2 aliphatic heterocycles. The Bertz CT molecular complexity index is 449. The van der Waals surface area contributed by atoms with Crippen molar-refractivity contribution in [3.63, 3.8) is 0 Å². The Morgan fingerprint density at radius 2 is 2.32 bits per heavy atom. The number of methoxy groups -OCH3 is 1. The van der Waals surface area contributed by atoms with Crippen LogP contribution in [0.25, 0.3) is 0 Å². The topological polar surface area (TPSA) is 46.6 Å². The van der Waals surface area contributed by atoms with Gasteiger partial charge in [0.25, 0.3) is 0 Å². The van der Waals surface area contributed by atoms with Crippen LogP contribution in [-0.2, 0) is 11.3 Å². The Balaban J connectivity index is 1.63. The molecule has 106 valence electrons. The lowest BCUT2D eigenvalue weighted by atomic mass is 9.95. The Labute approximate surface area is 117 Å². The molecule has 1 N–H and O–H groups in total. The molecule has 19 heavy (non-hydrogen) atoms. The number of fused-ring (bicyclic) bond motifs is 2. The van der Waals surface area contributed by atoms with E-state index in [2.05, 4.69) is 10.3 Å². The second-order valence-corrected chi connectivity index (χ2v) is 6.48. The third-order valence-electron chi connectivity index (χ3n) is 3.86. The molecular weight excluding hydrogens is 262 g/mol. The minimum absolute atomic E-state index is 0.414. The zero-order chi connectivity index (χ0) is 13.4. The highest BCUT2D eigenvalue weighted by Crippen LogP contribution is 2.35. The first-order valence-electron chi connectivity index (χ1n) is 6.77. The van der Waals surface area contributed by atoms with Crippen LogP contribution in [0, 0.1) is 0 Å². The van der Waals surface area contributed by atoms with E-state index in [1.807, 2.05) is 19.0 Å². The average Bonchev–Trinajstić information content (AvgIpc) is 3.10. The molecule has 1 aromatic rings. The van der Waals surface area contributed by atoms with Gasteiger partial charge in [0.15, 0.2) is 5.13 Å². The molecule has 2 saturated heterocycles. The van der Waals surface area contributed by atoms with E-state index in [9.17, 15) is 0 Å². The van der Waals surface area contributed by atoms with Gasteiger partial charge in [0.2, 0.25) is 5.88 Å². The van der Waals surface area contributed by atoms with Crippen LogP contribution in [0.3, 0.4) is 0 Å². The summed E-state index contributed by atoms with van der Waals surface area (Å²) < 4.78 is 11.2. The second-order valence-electron chi connectivity index (χ2n) is 5.42. The smallest absolute Gasteiger partial charge is 0.230 e. The summed E-state index contributed by atoms with van der Waals surface area (Å²) >= 11 is 1.68. The lowest BCUT2D eigenvalue weighted by molar-refractivity contribution is 0.0973. The third-order valence-corrected chi connectivity index (χ3v) is 5.06. The van der Waals surface area contributed by atoms with Crippen molar-refractivity contribution in [2.75, 3.05) is 26.1 Å². The molecule has 3 rings (SSSR count). The van der Waals surface area contributed by atoms with Crippen LogP contribution in [0.2, 0.25) is 0 Å². The van der Waals surface area contributed by atoms with Crippen LogP contribution in [0.5, 0.6) is 5.88 Å². The maximum absolute atomic E-state index is 5.86. The summed E-state index contributed by atoms with van der Waals surface area (Å²) in [5, 5.41) is 4.59. The summed E-state index contributed by atoms with van der Waals surface area (Å²) in [6.07, 6.45) is 4.48. The van der Waals surface area contributed by atoms with Crippen molar-refractivity contribution in [1.29, 1.82) is 0 Å². The molecule has 3 unspecified atom stereocenters. The molecule has 6 heteroatoms. The highest BCUT2D eigenvalue weighted by Gasteiger charge is 2.40.